The number of aromatic nitrogens is 4. The van der Waals surface area contributed by atoms with Gasteiger partial charge in [-0.05, 0) is 37.1 Å². The van der Waals surface area contributed by atoms with Gasteiger partial charge in [-0.25, -0.2) is 15.0 Å². The molecule has 0 radical (unpaired) electrons. The summed E-state index contributed by atoms with van der Waals surface area (Å²) in [4.78, 5) is 38.9. The molecular weight excluding hydrogens is 346 g/mol. The molecule has 0 saturated heterocycles. The number of nitrogens with one attached hydrogen (secondary N) is 1. The zero-order valence-corrected chi connectivity index (χ0v) is 15.0. The van der Waals surface area contributed by atoms with Crippen molar-refractivity contribution < 1.29 is 9.59 Å². The first-order chi connectivity index (χ1) is 13.0. The van der Waals surface area contributed by atoms with Crippen molar-refractivity contribution in [1.29, 1.82) is 0 Å². The molecule has 3 aromatic rings. The molecule has 1 aliphatic heterocycles. The SMILES string of the molecule is CC(C(=O)Nc1ccc2c(c1)CCN(C)C2=O)n1cnc2c(N)ncnc21. The van der Waals surface area contributed by atoms with Crippen molar-refractivity contribution in [3.05, 3.63) is 42.0 Å². The minimum absolute atomic E-state index is 0.00431. The molecule has 1 aliphatic rings. The number of nitrogens with two attached hydrogens (primary N) is 1. The first kappa shape index (κ1) is 17.0. The molecule has 9 nitrogen and oxygen atoms in total. The number of anilines is 2. The molecule has 0 aliphatic carbocycles. The highest BCUT2D eigenvalue weighted by atomic mass is 16.2. The molecule has 138 valence electrons. The molecule has 0 spiro atoms. The predicted molar refractivity (Wildman–Crippen MR) is 100 cm³/mol. The average molecular weight is 365 g/mol. The van der Waals surface area contributed by atoms with Crippen LogP contribution in [-0.2, 0) is 11.2 Å². The van der Waals surface area contributed by atoms with Gasteiger partial charge in [-0.2, -0.15) is 0 Å². The van der Waals surface area contributed by atoms with Crippen LogP contribution in [0.2, 0.25) is 0 Å². The standard InChI is InChI=1S/C18H19N7O2/c1-10(25-9-22-14-15(19)20-8-21-16(14)25)17(26)23-12-3-4-13-11(7-12)5-6-24(2)18(13)27/h3-4,7-10H,5-6H2,1-2H3,(H,23,26)(H2,19,20,21). The van der Waals surface area contributed by atoms with Gasteiger partial charge in [0.05, 0.1) is 6.33 Å². The lowest BCUT2D eigenvalue weighted by atomic mass is 9.98. The zero-order chi connectivity index (χ0) is 19.1. The largest absolute Gasteiger partial charge is 0.382 e. The number of fused-ring (bicyclic) bond motifs is 2. The van der Waals surface area contributed by atoms with Crippen LogP contribution in [-0.4, -0.2) is 49.8 Å². The highest BCUT2D eigenvalue weighted by Crippen LogP contribution is 2.24. The Morgan fingerprint density at radius 3 is 2.93 bits per heavy atom. The summed E-state index contributed by atoms with van der Waals surface area (Å²) in [5.41, 5.74) is 9.05. The summed E-state index contributed by atoms with van der Waals surface area (Å²) in [6.45, 7) is 2.42. The van der Waals surface area contributed by atoms with Crippen molar-refractivity contribution in [2.45, 2.75) is 19.4 Å². The van der Waals surface area contributed by atoms with Gasteiger partial charge in [0.1, 0.15) is 17.9 Å². The van der Waals surface area contributed by atoms with E-state index in [1.54, 1.807) is 35.6 Å². The van der Waals surface area contributed by atoms with E-state index in [1.165, 1.54) is 12.7 Å². The van der Waals surface area contributed by atoms with Gasteiger partial charge in [0, 0.05) is 24.8 Å². The lowest BCUT2D eigenvalue weighted by molar-refractivity contribution is -0.118. The van der Waals surface area contributed by atoms with Crippen LogP contribution in [0.25, 0.3) is 11.2 Å². The van der Waals surface area contributed by atoms with Gasteiger partial charge in [-0.3, -0.25) is 9.59 Å². The van der Waals surface area contributed by atoms with Crippen LogP contribution >= 0.6 is 0 Å². The summed E-state index contributed by atoms with van der Waals surface area (Å²) >= 11 is 0. The monoisotopic (exact) mass is 365 g/mol. The highest BCUT2D eigenvalue weighted by Gasteiger charge is 2.23. The summed E-state index contributed by atoms with van der Waals surface area (Å²) in [7, 11) is 1.79. The molecule has 27 heavy (non-hydrogen) atoms. The number of rotatable bonds is 3. The Morgan fingerprint density at radius 2 is 2.11 bits per heavy atom. The van der Waals surface area contributed by atoms with Crippen LogP contribution in [0.4, 0.5) is 11.5 Å². The highest BCUT2D eigenvalue weighted by molar-refractivity contribution is 5.99. The van der Waals surface area contributed by atoms with E-state index in [9.17, 15) is 9.59 Å². The number of hydrogen-bond acceptors (Lipinski definition) is 6. The lowest BCUT2D eigenvalue weighted by Crippen LogP contribution is -2.34. The fraction of sp³-hybridized carbons (Fsp3) is 0.278. The second kappa shape index (κ2) is 6.35. The summed E-state index contributed by atoms with van der Waals surface area (Å²) in [5.74, 6) is 0.0611. The van der Waals surface area contributed by atoms with Crippen molar-refractivity contribution in [2.24, 2.45) is 0 Å². The number of carbonyl (C=O) groups is 2. The normalized spacial score (nSPS) is 14.9. The average Bonchev–Trinajstić information content (AvgIpc) is 3.09. The van der Waals surface area contributed by atoms with Crippen LogP contribution in [0.1, 0.15) is 28.9 Å². The van der Waals surface area contributed by atoms with E-state index in [1.807, 2.05) is 6.07 Å². The number of carbonyl (C=O) groups excluding carboxylic acids is 2. The van der Waals surface area contributed by atoms with Gasteiger partial charge in [-0.15, -0.1) is 0 Å². The third-order valence-corrected chi connectivity index (χ3v) is 4.85. The van der Waals surface area contributed by atoms with Crippen LogP contribution in [0.3, 0.4) is 0 Å². The third kappa shape index (κ3) is 2.86. The summed E-state index contributed by atoms with van der Waals surface area (Å²) < 4.78 is 1.65. The van der Waals surface area contributed by atoms with Gasteiger partial charge in [-0.1, -0.05) is 0 Å². The van der Waals surface area contributed by atoms with E-state index in [0.29, 0.717) is 29.0 Å². The number of amides is 2. The van der Waals surface area contributed by atoms with E-state index in [4.69, 9.17) is 5.73 Å². The van der Waals surface area contributed by atoms with Crippen LogP contribution < -0.4 is 11.1 Å². The van der Waals surface area contributed by atoms with E-state index >= 15 is 0 Å². The maximum atomic E-state index is 12.7. The molecule has 9 heteroatoms. The third-order valence-electron chi connectivity index (χ3n) is 4.85. The number of hydrogen-bond donors (Lipinski definition) is 2. The van der Waals surface area contributed by atoms with Crippen molar-refractivity contribution in [3.8, 4) is 0 Å². The Morgan fingerprint density at radius 1 is 1.30 bits per heavy atom. The molecule has 0 saturated carbocycles. The number of likely N-dealkylation sites (N-methyl/N-ethyl adjacent to an activating group) is 1. The fourth-order valence-corrected chi connectivity index (χ4v) is 3.21. The second-order valence-corrected chi connectivity index (χ2v) is 6.60. The first-order valence-corrected chi connectivity index (χ1v) is 8.58. The van der Waals surface area contributed by atoms with Crippen LogP contribution in [0.5, 0.6) is 0 Å². The molecular formula is C18H19N7O2. The summed E-state index contributed by atoms with van der Waals surface area (Å²) in [5, 5.41) is 2.90. The summed E-state index contributed by atoms with van der Waals surface area (Å²) in [6.07, 6.45) is 3.64. The lowest BCUT2D eigenvalue weighted by Gasteiger charge is -2.25. The maximum Gasteiger partial charge on any atom is 0.253 e. The molecule has 3 heterocycles. The number of nitrogen functional groups attached to an aromatic ring is 1. The van der Waals surface area contributed by atoms with E-state index in [0.717, 1.165) is 12.0 Å². The molecule has 2 aromatic heterocycles. The van der Waals surface area contributed by atoms with Gasteiger partial charge in [0.15, 0.2) is 11.5 Å². The predicted octanol–water partition coefficient (Wildman–Crippen LogP) is 1.24. The second-order valence-electron chi connectivity index (χ2n) is 6.60. The first-order valence-electron chi connectivity index (χ1n) is 8.58. The molecule has 1 atom stereocenters. The molecule has 1 aromatic carbocycles. The van der Waals surface area contributed by atoms with Gasteiger partial charge in [0.25, 0.3) is 5.91 Å². The molecule has 0 fully saturated rings. The van der Waals surface area contributed by atoms with Crippen molar-refractivity contribution >= 4 is 34.5 Å². The molecule has 2 amide bonds. The van der Waals surface area contributed by atoms with Gasteiger partial charge >= 0.3 is 0 Å². The van der Waals surface area contributed by atoms with Gasteiger partial charge < -0.3 is 20.5 Å². The van der Waals surface area contributed by atoms with E-state index < -0.39 is 6.04 Å². The molecule has 0 bridgehead atoms. The molecule has 3 N–H and O–H groups in total. The Bertz CT molecular complexity index is 1060. The Labute approximate surface area is 155 Å². The van der Waals surface area contributed by atoms with E-state index in [2.05, 4.69) is 20.3 Å². The van der Waals surface area contributed by atoms with Crippen molar-refractivity contribution in [1.82, 2.24) is 24.4 Å². The van der Waals surface area contributed by atoms with Crippen molar-refractivity contribution in [2.75, 3.05) is 24.6 Å². The Hall–Kier alpha value is -3.49. The minimum atomic E-state index is -0.548. The van der Waals surface area contributed by atoms with Crippen molar-refractivity contribution in [3.63, 3.8) is 0 Å². The summed E-state index contributed by atoms with van der Waals surface area (Å²) in [6, 6.07) is 4.81. The smallest absolute Gasteiger partial charge is 0.253 e. The zero-order valence-electron chi connectivity index (χ0n) is 15.0. The molecule has 1 unspecified atom stereocenters. The number of nitrogens with zero attached hydrogens (tertiary/aromatic N) is 5. The molecule has 4 rings (SSSR count). The topological polar surface area (TPSA) is 119 Å². The Kier molecular flexibility index (Phi) is 3.98. The number of imidazole rings is 1. The number of benzene rings is 1. The van der Waals surface area contributed by atoms with E-state index in [-0.39, 0.29) is 17.6 Å². The minimum Gasteiger partial charge on any atom is -0.382 e. The van der Waals surface area contributed by atoms with Crippen LogP contribution in [0, 0.1) is 0 Å². The van der Waals surface area contributed by atoms with Gasteiger partial charge in [0.2, 0.25) is 5.91 Å². The Balaban J connectivity index is 1.57. The van der Waals surface area contributed by atoms with Crippen LogP contribution in [0.15, 0.2) is 30.9 Å². The maximum absolute atomic E-state index is 12.7. The quantitative estimate of drug-likeness (QED) is 0.721. The fourth-order valence-electron chi connectivity index (χ4n) is 3.21.